The lowest BCUT2D eigenvalue weighted by atomic mass is 9.64. The Balaban J connectivity index is 2.37. The van der Waals surface area contributed by atoms with Crippen LogP contribution >= 0.6 is 0 Å². The molecule has 18 heavy (non-hydrogen) atoms. The predicted octanol–water partition coefficient (Wildman–Crippen LogP) is 2.40. The van der Waals surface area contributed by atoms with Crippen molar-refractivity contribution < 1.29 is 4.74 Å². The molecular formula is C15H32N2O. The van der Waals surface area contributed by atoms with E-state index in [-0.39, 0.29) is 5.41 Å². The molecule has 1 saturated carbocycles. The molecule has 0 aromatic rings. The van der Waals surface area contributed by atoms with E-state index < -0.39 is 0 Å². The molecule has 108 valence electrons. The van der Waals surface area contributed by atoms with Gasteiger partial charge in [-0.2, -0.15) is 0 Å². The van der Waals surface area contributed by atoms with E-state index >= 15 is 0 Å². The zero-order chi connectivity index (χ0) is 14.0. The van der Waals surface area contributed by atoms with Crippen LogP contribution in [0.15, 0.2) is 0 Å². The third kappa shape index (κ3) is 3.94. The summed E-state index contributed by atoms with van der Waals surface area (Å²) in [6.07, 6.45) is 2.70. The topological polar surface area (TPSA) is 47.3 Å². The molecule has 3 atom stereocenters. The van der Waals surface area contributed by atoms with Crippen molar-refractivity contribution in [2.75, 3.05) is 20.2 Å². The lowest BCUT2D eigenvalue weighted by molar-refractivity contribution is -0.0982. The fourth-order valence-corrected chi connectivity index (χ4v) is 3.05. The van der Waals surface area contributed by atoms with Crippen molar-refractivity contribution in [2.45, 2.75) is 59.6 Å². The second-order valence-electron chi connectivity index (χ2n) is 7.61. The summed E-state index contributed by atoms with van der Waals surface area (Å²) in [5.41, 5.74) is 6.48. The zero-order valence-corrected chi connectivity index (χ0v) is 13.0. The quantitative estimate of drug-likeness (QED) is 0.767. The molecule has 0 aromatic carbocycles. The SMILES string of the molecule is COC1CC(NCC(CN)CC(C)(C)C)C1(C)C. The van der Waals surface area contributed by atoms with Crippen LogP contribution in [0.1, 0.15) is 47.5 Å². The summed E-state index contributed by atoms with van der Waals surface area (Å²) in [5.74, 6) is 0.572. The van der Waals surface area contributed by atoms with Crippen molar-refractivity contribution in [2.24, 2.45) is 22.5 Å². The predicted molar refractivity (Wildman–Crippen MR) is 77.6 cm³/mol. The second kappa shape index (κ2) is 5.89. The Labute approximate surface area is 113 Å². The molecule has 3 nitrogen and oxygen atoms in total. The largest absolute Gasteiger partial charge is 0.381 e. The van der Waals surface area contributed by atoms with Crippen LogP contribution in [0.5, 0.6) is 0 Å². The summed E-state index contributed by atoms with van der Waals surface area (Å²) in [6.45, 7) is 13.2. The molecular weight excluding hydrogens is 224 g/mol. The van der Waals surface area contributed by atoms with Crippen LogP contribution in [-0.4, -0.2) is 32.3 Å². The van der Waals surface area contributed by atoms with E-state index in [9.17, 15) is 0 Å². The minimum absolute atomic E-state index is 0.246. The van der Waals surface area contributed by atoms with Gasteiger partial charge in [-0.15, -0.1) is 0 Å². The number of nitrogens with two attached hydrogens (primary N) is 1. The molecule has 0 aliphatic heterocycles. The van der Waals surface area contributed by atoms with Gasteiger partial charge in [0.05, 0.1) is 6.10 Å². The van der Waals surface area contributed by atoms with Gasteiger partial charge >= 0.3 is 0 Å². The monoisotopic (exact) mass is 256 g/mol. The Bertz CT molecular complexity index is 258. The molecule has 1 aliphatic carbocycles. The number of nitrogens with one attached hydrogen (secondary N) is 1. The van der Waals surface area contributed by atoms with Crippen molar-refractivity contribution in [1.29, 1.82) is 0 Å². The van der Waals surface area contributed by atoms with Gasteiger partial charge < -0.3 is 15.8 Å². The van der Waals surface area contributed by atoms with E-state index in [0.717, 1.165) is 19.5 Å². The number of hydrogen-bond acceptors (Lipinski definition) is 3. The average molecular weight is 256 g/mol. The standard InChI is InChI=1S/C15H32N2O/c1-14(2,3)8-11(9-16)10-17-12-7-13(18-6)15(12,4)5/h11-13,17H,7-10,16H2,1-6H3. The molecule has 3 unspecified atom stereocenters. The van der Waals surface area contributed by atoms with Gasteiger partial charge in [-0.25, -0.2) is 0 Å². The lowest BCUT2D eigenvalue weighted by Crippen LogP contribution is -2.61. The summed E-state index contributed by atoms with van der Waals surface area (Å²) in [7, 11) is 1.81. The van der Waals surface area contributed by atoms with E-state index in [2.05, 4.69) is 39.9 Å². The molecule has 3 N–H and O–H groups in total. The molecule has 1 fully saturated rings. The summed E-state index contributed by atoms with van der Waals surface area (Å²) < 4.78 is 5.48. The van der Waals surface area contributed by atoms with Gasteiger partial charge in [0, 0.05) is 18.6 Å². The minimum Gasteiger partial charge on any atom is -0.381 e. The Morgan fingerprint density at radius 1 is 1.39 bits per heavy atom. The Kier molecular flexibility index (Phi) is 5.22. The van der Waals surface area contributed by atoms with Gasteiger partial charge in [-0.3, -0.25) is 0 Å². The van der Waals surface area contributed by atoms with Gasteiger partial charge in [-0.1, -0.05) is 34.6 Å². The first-order valence-electron chi connectivity index (χ1n) is 7.17. The summed E-state index contributed by atoms with van der Waals surface area (Å²) in [6, 6.07) is 0.566. The second-order valence-corrected chi connectivity index (χ2v) is 7.61. The van der Waals surface area contributed by atoms with Gasteiger partial charge in [0.1, 0.15) is 0 Å². The fraction of sp³-hybridized carbons (Fsp3) is 1.00. The highest BCUT2D eigenvalue weighted by atomic mass is 16.5. The zero-order valence-electron chi connectivity index (χ0n) is 13.0. The highest BCUT2D eigenvalue weighted by Crippen LogP contribution is 2.42. The number of hydrogen-bond donors (Lipinski definition) is 2. The molecule has 0 aromatic heterocycles. The Morgan fingerprint density at radius 2 is 2.00 bits per heavy atom. The smallest absolute Gasteiger partial charge is 0.0652 e. The van der Waals surface area contributed by atoms with Crippen LogP contribution < -0.4 is 11.1 Å². The molecule has 0 heterocycles. The van der Waals surface area contributed by atoms with E-state index in [1.54, 1.807) is 0 Å². The van der Waals surface area contributed by atoms with E-state index in [4.69, 9.17) is 10.5 Å². The molecule has 3 heteroatoms. The molecule has 0 spiro atoms. The fourth-order valence-electron chi connectivity index (χ4n) is 3.05. The van der Waals surface area contributed by atoms with Crippen LogP contribution in [0.4, 0.5) is 0 Å². The summed E-state index contributed by atoms with van der Waals surface area (Å²) in [5, 5.41) is 3.69. The van der Waals surface area contributed by atoms with E-state index in [1.165, 1.54) is 6.42 Å². The van der Waals surface area contributed by atoms with Crippen molar-refractivity contribution in [3.8, 4) is 0 Å². The molecule has 1 aliphatic rings. The third-order valence-corrected chi connectivity index (χ3v) is 4.35. The van der Waals surface area contributed by atoms with Gasteiger partial charge in [0.25, 0.3) is 0 Å². The van der Waals surface area contributed by atoms with Gasteiger partial charge in [0.15, 0.2) is 0 Å². The first-order chi connectivity index (χ1) is 8.20. The molecule has 0 amide bonds. The van der Waals surface area contributed by atoms with E-state index in [1.807, 2.05) is 7.11 Å². The van der Waals surface area contributed by atoms with Gasteiger partial charge in [-0.05, 0) is 37.3 Å². The summed E-state index contributed by atoms with van der Waals surface area (Å²) >= 11 is 0. The molecule has 0 radical (unpaired) electrons. The van der Waals surface area contributed by atoms with E-state index in [0.29, 0.717) is 23.5 Å². The van der Waals surface area contributed by atoms with Crippen LogP contribution in [0.25, 0.3) is 0 Å². The number of ether oxygens (including phenoxy) is 1. The number of rotatable bonds is 6. The third-order valence-electron chi connectivity index (χ3n) is 4.35. The molecule has 1 rings (SSSR count). The van der Waals surface area contributed by atoms with Crippen LogP contribution in [0, 0.1) is 16.7 Å². The minimum atomic E-state index is 0.246. The highest BCUT2D eigenvalue weighted by molar-refractivity contribution is 5.02. The average Bonchev–Trinajstić information content (AvgIpc) is 2.24. The summed E-state index contributed by atoms with van der Waals surface area (Å²) in [4.78, 5) is 0. The lowest BCUT2D eigenvalue weighted by Gasteiger charge is -2.52. The maximum atomic E-state index is 5.88. The molecule has 0 saturated heterocycles. The highest BCUT2D eigenvalue weighted by Gasteiger charge is 2.48. The Morgan fingerprint density at radius 3 is 2.39 bits per heavy atom. The first kappa shape index (κ1) is 15.9. The number of methoxy groups -OCH3 is 1. The van der Waals surface area contributed by atoms with Crippen LogP contribution in [0.3, 0.4) is 0 Å². The first-order valence-corrected chi connectivity index (χ1v) is 7.17. The van der Waals surface area contributed by atoms with Crippen LogP contribution in [0.2, 0.25) is 0 Å². The van der Waals surface area contributed by atoms with Crippen molar-refractivity contribution in [3.05, 3.63) is 0 Å². The maximum absolute atomic E-state index is 5.88. The van der Waals surface area contributed by atoms with Crippen molar-refractivity contribution >= 4 is 0 Å². The Hall–Kier alpha value is -0.120. The maximum Gasteiger partial charge on any atom is 0.0652 e. The van der Waals surface area contributed by atoms with Gasteiger partial charge in [0.2, 0.25) is 0 Å². The van der Waals surface area contributed by atoms with Crippen molar-refractivity contribution in [3.63, 3.8) is 0 Å². The normalized spacial score (nSPS) is 28.8. The molecule has 0 bridgehead atoms. The van der Waals surface area contributed by atoms with Crippen molar-refractivity contribution in [1.82, 2.24) is 5.32 Å². The van der Waals surface area contributed by atoms with Crippen LogP contribution in [-0.2, 0) is 4.74 Å².